The highest BCUT2D eigenvalue weighted by Crippen LogP contribution is 2.26. The third kappa shape index (κ3) is 5.15. The topological polar surface area (TPSA) is 118 Å². The average molecular weight is 460 g/mol. The number of rotatable bonds is 5. The van der Waals surface area contributed by atoms with Crippen LogP contribution < -0.4 is 20.7 Å². The zero-order chi connectivity index (χ0) is 24.3. The summed E-state index contributed by atoms with van der Waals surface area (Å²) in [4.78, 5) is 29.4. The van der Waals surface area contributed by atoms with Crippen LogP contribution in [-0.2, 0) is 5.41 Å². The van der Waals surface area contributed by atoms with Crippen LogP contribution in [0.1, 0.15) is 37.0 Å². The first-order chi connectivity index (χ1) is 16.2. The maximum atomic E-state index is 12.7. The van der Waals surface area contributed by atoms with Gasteiger partial charge in [-0.15, -0.1) is 0 Å². The number of anilines is 3. The van der Waals surface area contributed by atoms with Crippen molar-refractivity contribution in [1.82, 2.24) is 10.1 Å². The summed E-state index contributed by atoms with van der Waals surface area (Å²) in [6.45, 7) is 5.97. The number of hydrogen-bond acceptors (Lipinski definition) is 6. The van der Waals surface area contributed by atoms with Crippen LogP contribution in [0.3, 0.4) is 0 Å². The minimum atomic E-state index is -0.460. The SMILES string of the molecule is COc1cc(C(=O)Nc2ccc(NC(=O)Nc3cc(C(C)(C)C)on3)cc2)nc2ccccc12. The second-order valence-corrected chi connectivity index (χ2v) is 8.66. The second kappa shape index (κ2) is 9.22. The summed E-state index contributed by atoms with van der Waals surface area (Å²) in [5.41, 5.74) is 1.78. The minimum Gasteiger partial charge on any atom is -0.496 e. The molecule has 0 unspecified atom stereocenters. The van der Waals surface area contributed by atoms with E-state index in [4.69, 9.17) is 9.26 Å². The largest absolute Gasteiger partial charge is 0.496 e. The van der Waals surface area contributed by atoms with E-state index in [1.807, 2.05) is 45.0 Å². The van der Waals surface area contributed by atoms with E-state index in [2.05, 4.69) is 26.1 Å². The molecule has 2 heterocycles. The summed E-state index contributed by atoms with van der Waals surface area (Å²) >= 11 is 0. The molecule has 0 aliphatic heterocycles. The van der Waals surface area contributed by atoms with Gasteiger partial charge in [0.25, 0.3) is 5.91 Å². The van der Waals surface area contributed by atoms with Crippen molar-refractivity contribution in [3.63, 3.8) is 0 Å². The van der Waals surface area contributed by atoms with Crippen LogP contribution in [-0.4, -0.2) is 29.2 Å². The van der Waals surface area contributed by atoms with Crippen molar-refractivity contribution in [2.24, 2.45) is 0 Å². The van der Waals surface area contributed by atoms with E-state index in [0.29, 0.717) is 34.2 Å². The molecule has 0 atom stereocenters. The number of carbonyl (C=O) groups excluding carboxylic acids is 2. The van der Waals surface area contributed by atoms with Crippen LogP contribution in [0.25, 0.3) is 10.9 Å². The maximum Gasteiger partial charge on any atom is 0.324 e. The summed E-state index contributed by atoms with van der Waals surface area (Å²) in [6, 6.07) is 17.0. The van der Waals surface area contributed by atoms with Gasteiger partial charge in [0.1, 0.15) is 17.2 Å². The van der Waals surface area contributed by atoms with E-state index < -0.39 is 6.03 Å². The first kappa shape index (κ1) is 22.8. The predicted molar refractivity (Wildman–Crippen MR) is 131 cm³/mol. The van der Waals surface area contributed by atoms with E-state index in [0.717, 1.165) is 5.39 Å². The van der Waals surface area contributed by atoms with Crippen molar-refractivity contribution >= 4 is 40.0 Å². The van der Waals surface area contributed by atoms with Gasteiger partial charge in [-0.3, -0.25) is 10.1 Å². The molecule has 3 N–H and O–H groups in total. The first-order valence-corrected chi connectivity index (χ1v) is 10.6. The number of carbonyl (C=O) groups is 2. The van der Waals surface area contributed by atoms with Crippen LogP contribution >= 0.6 is 0 Å². The van der Waals surface area contributed by atoms with Gasteiger partial charge in [0.15, 0.2) is 5.82 Å². The van der Waals surface area contributed by atoms with Gasteiger partial charge in [0.05, 0.1) is 12.6 Å². The fraction of sp³-hybridized carbons (Fsp3) is 0.200. The average Bonchev–Trinajstić information content (AvgIpc) is 3.28. The number of pyridine rings is 1. The third-order valence-corrected chi connectivity index (χ3v) is 5.02. The Kier molecular flexibility index (Phi) is 6.18. The molecule has 0 saturated carbocycles. The third-order valence-electron chi connectivity index (χ3n) is 5.02. The molecular weight excluding hydrogens is 434 g/mol. The van der Waals surface area contributed by atoms with Crippen molar-refractivity contribution in [2.75, 3.05) is 23.1 Å². The van der Waals surface area contributed by atoms with Gasteiger partial charge in [0.2, 0.25) is 0 Å². The Balaban J connectivity index is 1.39. The van der Waals surface area contributed by atoms with Crippen molar-refractivity contribution in [2.45, 2.75) is 26.2 Å². The molecule has 0 aliphatic rings. The molecule has 3 amide bonds. The second-order valence-electron chi connectivity index (χ2n) is 8.66. The minimum absolute atomic E-state index is 0.211. The van der Waals surface area contributed by atoms with Crippen molar-refractivity contribution < 1.29 is 18.8 Å². The maximum absolute atomic E-state index is 12.7. The normalized spacial score (nSPS) is 11.2. The summed E-state index contributed by atoms with van der Waals surface area (Å²) in [5, 5.41) is 12.8. The quantitative estimate of drug-likeness (QED) is 0.366. The summed E-state index contributed by atoms with van der Waals surface area (Å²) in [7, 11) is 1.55. The standard InChI is InChI=1S/C25H25N5O4/c1-25(2,3)21-14-22(30-34-21)29-24(32)27-16-11-9-15(10-12-16)26-23(31)19-13-20(33-4)17-7-5-6-8-18(17)28-19/h5-14H,1-4H3,(H,26,31)(H2,27,29,30,32). The molecule has 0 spiro atoms. The fourth-order valence-electron chi connectivity index (χ4n) is 3.23. The molecule has 4 rings (SSSR count). The van der Waals surface area contributed by atoms with Crippen LogP contribution in [0, 0.1) is 0 Å². The lowest BCUT2D eigenvalue weighted by atomic mass is 9.93. The number of amides is 3. The smallest absolute Gasteiger partial charge is 0.324 e. The highest BCUT2D eigenvalue weighted by atomic mass is 16.5. The Labute approximate surface area is 196 Å². The Bertz CT molecular complexity index is 1340. The molecule has 0 radical (unpaired) electrons. The molecule has 34 heavy (non-hydrogen) atoms. The molecule has 0 fully saturated rings. The van der Waals surface area contributed by atoms with Gasteiger partial charge in [-0.1, -0.05) is 38.1 Å². The Hall–Kier alpha value is -4.40. The number of nitrogens with zero attached hydrogens (tertiary/aromatic N) is 2. The van der Waals surface area contributed by atoms with Gasteiger partial charge in [-0.05, 0) is 36.4 Å². The molecule has 0 bridgehead atoms. The lowest BCUT2D eigenvalue weighted by molar-refractivity contribution is 0.102. The summed E-state index contributed by atoms with van der Waals surface area (Å²) in [6.07, 6.45) is 0. The number of aromatic nitrogens is 2. The lowest BCUT2D eigenvalue weighted by Gasteiger charge is -2.12. The van der Waals surface area contributed by atoms with Crippen LogP contribution in [0.2, 0.25) is 0 Å². The highest BCUT2D eigenvalue weighted by Gasteiger charge is 2.20. The van der Waals surface area contributed by atoms with Gasteiger partial charge in [-0.2, -0.15) is 0 Å². The molecule has 0 saturated heterocycles. The zero-order valence-corrected chi connectivity index (χ0v) is 19.3. The van der Waals surface area contributed by atoms with E-state index in [9.17, 15) is 9.59 Å². The predicted octanol–water partition coefficient (Wildman–Crippen LogP) is 5.43. The number of ether oxygens (including phenoxy) is 1. The summed E-state index contributed by atoms with van der Waals surface area (Å²) < 4.78 is 10.7. The Morgan fingerprint density at radius 1 is 0.912 bits per heavy atom. The van der Waals surface area contributed by atoms with Crippen molar-refractivity contribution in [3.05, 3.63) is 72.1 Å². The molecule has 174 valence electrons. The number of fused-ring (bicyclic) bond motifs is 1. The molecule has 9 heteroatoms. The van der Waals surface area contributed by atoms with E-state index in [1.54, 1.807) is 43.5 Å². The van der Waals surface area contributed by atoms with Gasteiger partial charge in [-0.25, -0.2) is 9.78 Å². The monoisotopic (exact) mass is 459 g/mol. The van der Waals surface area contributed by atoms with Crippen LogP contribution in [0.15, 0.2) is 65.2 Å². The number of methoxy groups -OCH3 is 1. The molecule has 4 aromatic rings. The number of benzene rings is 2. The van der Waals surface area contributed by atoms with E-state index in [1.165, 1.54) is 0 Å². The van der Waals surface area contributed by atoms with Gasteiger partial charge < -0.3 is 19.9 Å². The molecular formula is C25H25N5O4. The van der Waals surface area contributed by atoms with Gasteiger partial charge >= 0.3 is 6.03 Å². The van der Waals surface area contributed by atoms with Crippen molar-refractivity contribution in [3.8, 4) is 5.75 Å². The van der Waals surface area contributed by atoms with Crippen LogP contribution in [0.5, 0.6) is 5.75 Å². The lowest BCUT2D eigenvalue weighted by Crippen LogP contribution is -2.19. The zero-order valence-electron chi connectivity index (χ0n) is 19.3. The summed E-state index contributed by atoms with van der Waals surface area (Å²) in [5.74, 6) is 1.19. The fourth-order valence-corrected chi connectivity index (χ4v) is 3.23. The molecule has 2 aromatic heterocycles. The van der Waals surface area contributed by atoms with Crippen LogP contribution in [0.4, 0.5) is 22.0 Å². The van der Waals surface area contributed by atoms with Gasteiger partial charge in [0, 0.05) is 34.3 Å². The number of nitrogens with one attached hydrogen (secondary N) is 3. The first-order valence-electron chi connectivity index (χ1n) is 10.6. The van der Waals surface area contributed by atoms with E-state index in [-0.39, 0.29) is 17.0 Å². The Morgan fingerprint density at radius 3 is 2.24 bits per heavy atom. The number of urea groups is 1. The number of para-hydroxylation sites is 1. The molecule has 0 aliphatic carbocycles. The van der Waals surface area contributed by atoms with E-state index >= 15 is 0 Å². The molecule has 2 aromatic carbocycles. The highest BCUT2D eigenvalue weighted by molar-refractivity contribution is 6.05. The Morgan fingerprint density at radius 2 is 1.59 bits per heavy atom. The van der Waals surface area contributed by atoms with Crippen molar-refractivity contribution in [1.29, 1.82) is 0 Å². The molecule has 9 nitrogen and oxygen atoms in total. The number of hydrogen-bond donors (Lipinski definition) is 3.